The minimum Gasteiger partial charge on any atom is -0.331 e. The van der Waals surface area contributed by atoms with E-state index in [4.69, 9.17) is 0 Å². The number of hydrogen-bond acceptors (Lipinski definition) is 1. The second-order valence-electron chi connectivity index (χ2n) is 6.90. The Bertz CT molecular complexity index is 167. The van der Waals surface area contributed by atoms with Gasteiger partial charge in [-0.25, -0.2) is 5.25 Å². The van der Waals surface area contributed by atoms with Gasteiger partial charge in [0, 0.05) is 0 Å². The van der Waals surface area contributed by atoms with Crippen molar-refractivity contribution >= 4 is 11.8 Å². The lowest BCUT2D eigenvalue weighted by Crippen LogP contribution is -2.35. The number of nitrogens with zero attached hydrogens (tertiary/aromatic N) is 1. The molecule has 0 aromatic heterocycles. The molecule has 0 amide bonds. The zero-order valence-corrected chi connectivity index (χ0v) is 15.4. The third-order valence-corrected chi connectivity index (χ3v) is 3.68. The zero-order valence-electron chi connectivity index (χ0n) is 14.6. The van der Waals surface area contributed by atoms with Crippen molar-refractivity contribution < 1.29 is 4.48 Å². The molecule has 0 heterocycles. The standard InChI is InChI=1S/C17H38N.ClH2N/c1-5-6-7-8-9-10-11-12-13-14-15-16-17-18(2,3)4;1-2/h5-17H2,1-4H3;2H2/q+1;. The molecule has 0 rings (SSSR count). The average molecular weight is 308 g/mol. The third-order valence-electron chi connectivity index (χ3n) is 3.68. The summed E-state index contributed by atoms with van der Waals surface area (Å²) < 4.78 is 1.12. The van der Waals surface area contributed by atoms with Gasteiger partial charge in [-0.15, -0.1) is 0 Å². The SMILES string of the molecule is CCCCCCCCCCCCCC[N+](C)(C)C.NCl. The number of halogens is 1. The minimum absolute atomic E-state index is 1.12. The Labute approximate surface area is 133 Å². The second-order valence-corrected chi connectivity index (χ2v) is 6.90. The molecule has 0 unspecified atom stereocenters. The van der Waals surface area contributed by atoms with Gasteiger partial charge < -0.3 is 4.48 Å². The topological polar surface area (TPSA) is 26.0 Å². The van der Waals surface area contributed by atoms with Crippen molar-refractivity contribution in [3.63, 3.8) is 0 Å². The van der Waals surface area contributed by atoms with E-state index in [9.17, 15) is 0 Å². The maximum atomic E-state index is 4.14. The molecule has 0 aliphatic carbocycles. The summed E-state index contributed by atoms with van der Waals surface area (Å²) in [5.74, 6) is 0. The maximum Gasteiger partial charge on any atom is 0.0780 e. The third kappa shape index (κ3) is 23.3. The zero-order chi connectivity index (χ0) is 15.7. The normalized spacial score (nSPS) is 11.1. The van der Waals surface area contributed by atoms with Gasteiger partial charge in [0.25, 0.3) is 0 Å². The first kappa shape index (κ1) is 22.5. The molecule has 0 saturated carbocycles. The Morgan fingerprint density at radius 2 is 0.900 bits per heavy atom. The molecule has 0 aromatic carbocycles. The summed E-state index contributed by atoms with van der Waals surface area (Å²) in [6.45, 7) is 3.62. The van der Waals surface area contributed by atoms with Crippen LogP contribution in [0.3, 0.4) is 0 Å². The van der Waals surface area contributed by atoms with E-state index in [1.807, 2.05) is 0 Å². The molecular weight excluding hydrogens is 268 g/mol. The smallest absolute Gasteiger partial charge is 0.0780 e. The average Bonchev–Trinajstić information content (AvgIpc) is 2.41. The quantitative estimate of drug-likeness (QED) is 0.272. The van der Waals surface area contributed by atoms with E-state index in [2.05, 4.69) is 45.1 Å². The fraction of sp³-hybridized carbons (Fsp3) is 1.00. The largest absolute Gasteiger partial charge is 0.331 e. The van der Waals surface area contributed by atoms with E-state index in [1.54, 1.807) is 0 Å². The molecular formula is C17H40ClN2+. The molecule has 3 heteroatoms. The van der Waals surface area contributed by atoms with Crippen LogP contribution in [0, 0.1) is 0 Å². The van der Waals surface area contributed by atoms with E-state index >= 15 is 0 Å². The molecule has 0 fully saturated rings. The molecule has 0 bridgehead atoms. The molecule has 20 heavy (non-hydrogen) atoms. The first-order chi connectivity index (χ1) is 9.56. The van der Waals surface area contributed by atoms with Crippen molar-refractivity contribution in [3.8, 4) is 0 Å². The molecule has 0 aromatic rings. The highest BCUT2D eigenvalue weighted by molar-refractivity contribution is 6.11. The lowest BCUT2D eigenvalue weighted by Gasteiger charge is -2.23. The van der Waals surface area contributed by atoms with Crippen molar-refractivity contribution in [2.24, 2.45) is 5.25 Å². The van der Waals surface area contributed by atoms with Gasteiger partial charge in [-0.05, 0) is 24.6 Å². The Morgan fingerprint density at radius 3 is 1.20 bits per heavy atom. The lowest BCUT2D eigenvalue weighted by atomic mass is 10.1. The highest BCUT2D eigenvalue weighted by Gasteiger charge is 2.04. The predicted molar refractivity (Wildman–Crippen MR) is 94.0 cm³/mol. The van der Waals surface area contributed by atoms with Gasteiger partial charge in [-0.2, -0.15) is 0 Å². The maximum absolute atomic E-state index is 4.14. The van der Waals surface area contributed by atoms with E-state index in [0.717, 1.165) is 4.48 Å². The van der Waals surface area contributed by atoms with E-state index in [-0.39, 0.29) is 0 Å². The molecule has 2 N–H and O–H groups in total. The first-order valence-corrected chi connectivity index (χ1v) is 9.02. The number of quaternary nitrogens is 1. The highest BCUT2D eigenvalue weighted by Crippen LogP contribution is 2.12. The van der Waals surface area contributed by atoms with Crippen LogP contribution in [0.4, 0.5) is 0 Å². The van der Waals surface area contributed by atoms with Crippen molar-refractivity contribution in [3.05, 3.63) is 0 Å². The fourth-order valence-corrected chi connectivity index (χ4v) is 2.43. The van der Waals surface area contributed by atoms with Crippen LogP contribution in [-0.4, -0.2) is 32.2 Å². The van der Waals surface area contributed by atoms with Gasteiger partial charge in [-0.1, -0.05) is 71.1 Å². The summed E-state index contributed by atoms with van der Waals surface area (Å²) in [7, 11) is 6.87. The molecule has 0 spiro atoms. The summed E-state index contributed by atoms with van der Waals surface area (Å²) in [5.41, 5.74) is 0. The summed E-state index contributed by atoms with van der Waals surface area (Å²) in [6, 6.07) is 0. The summed E-state index contributed by atoms with van der Waals surface area (Å²) in [4.78, 5) is 0. The number of rotatable bonds is 13. The van der Waals surface area contributed by atoms with Crippen molar-refractivity contribution in [2.75, 3.05) is 27.7 Å². The monoisotopic (exact) mass is 307 g/mol. The van der Waals surface area contributed by atoms with Crippen molar-refractivity contribution in [1.29, 1.82) is 0 Å². The predicted octanol–water partition coefficient (Wildman–Crippen LogP) is 5.49. The van der Waals surface area contributed by atoms with Crippen LogP contribution in [0.2, 0.25) is 0 Å². The van der Waals surface area contributed by atoms with Gasteiger partial charge in [0.2, 0.25) is 0 Å². The van der Waals surface area contributed by atoms with Crippen LogP contribution in [0.25, 0.3) is 0 Å². The van der Waals surface area contributed by atoms with Gasteiger partial charge in [0.05, 0.1) is 27.7 Å². The molecule has 0 aliphatic heterocycles. The molecule has 0 saturated heterocycles. The Hall–Kier alpha value is 0.210. The van der Waals surface area contributed by atoms with Crippen molar-refractivity contribution in [2.45, 2.75) is 84.0 Å². The van der Waals surface area contributed by atoms with E-state index in [1.165, 1.54) is 83.6 Å². The highest BCUT2D eigenvalue weighted by atomic mass is 35.5. The second kappa shape index (κ2) is 17.3. The van der Waals surface area contributed by atoms with Gasteiger partial charge in [0.15, 0.2) is 0 Å². The van der Waals surface area contributed by atoms with Crippen LogP contribution in [-0.2, 0) is 0 Å². The Kier molecular flexibility index (Phi) is 19.4. The molecule has 0 aliphatic rings. The molecule has 0 radical (unpaired) electrons. The number of unbranched alkanes of at least 4 members (excludes halogenated alkanes) is 11. The van der Waals surface area contributed by atoms with Gasteiger partial charge >= 0.3 is 0 Å². The molecule has 2 nitrogen and oxygen atoms in total. The van der Waals surface area contributed by atoms with E-state index < -0.39 is 0 Å². The summed E-state index contributed by atoms with van der Waals surface area (Å²) >= 11 is 4.14. The Morgan fingerprint density at radius 1 is 0.600 bits per heavy atom. The van der Waals surface area contributed by atoms with Crippen LogP contribution in [0.15, 0.2) is 0 Å². The van der Waals surface area contributed by atoms with Crippen LogP contribution >= 0.6 is 11.8 Å². The fourth-order valence-electron chi connectivity index (χ4n) is 2.43. The summed E-state index contributed by atoms with van der Waals surface area (Å²) in [6.07, 6.45) is 17.4. The number of nitrogens with two attached hydrogens (primary N) is 1. The van der Waals surface area contributed by atoms with Crippen LogP contribution in [0.5, 0.6) is 0 Å². The van der Waals surface area contributed by atoms with Crippen molar-refractivity contribution in [1.82, 2.24) is 0 Å². The summed E-state index contributed by atoms with van der Waals surface area (Å²) in [5, 5.41) is 3.97. The molecule has 0 atom stereocenters. The van der Waals surface area contributed by atoms with Gasteiger partial charge in [-0.3, -0.25) is 0 Å². The number of hydrogen-bond donors (Lipinski definition) is 1. The van der Waals surface area contributed by atoms with Crippen LogP contribution in [0.1, 0.15) is 84.0 Å². The van der Waals surface area contributed by atoms with Gasteiger partial charge in [0.1, 0.15) is 0 Å². The lowest BCUT2D eigenvalue weighted by molar-refractivity contribution is -0.870. The first-order valence-electron chi connectivity index (χ1n) is 8.58. The van der Waals surface area contributed by atoms with Crippen LogP contribution < -0.4 is 5.25 Å². The minimum atomic E-state index is 1.12. The molecule has 124 valence electrons. The Balaban J connectivity index is 0. The van der Waals surface area contributed by atoms with E-state index in [0.29, 0.717) is 0 Å².